The predicted molar refractivity (Wildman–Crippen MR) is 77.4 cm³/mol. The maximum Gasteiger partial charge on any atom is 0.0795 e. The van der Waals surface area contributed by atoms with Gasteiger partial charge in [0.25, 0.3) is 0 Å². The lowest BCUT2D eigenvalue weighted by atomic mass is 9.90. The molecular weight excluding hydrogens is 246 g/mol. The molecule has 0 aromatic carbocycles. The average molecular weight is 273 g/mol. The summed E-state index contributed by atoms with van der Waals surface area (Å²) in [5.41, 5.74) is 0.198. The number of ether oxygens (including phenoxy) is 2. The average Bonchev–Trinajstić information content (AvgIpc) is 2.82. The first-order chi connectivity index (χ1) is 8.85. The maximum absolute atomic E-state index is 6.02. The van der Waals surface area contributed by atoms with E-state index >= 15 is 0 Å². The molecule has 2 unspecified atom stereocenters. The summed E-state index contributed by atoms with van der Waals surface area (Å²) in [5.74, 6) is 2.46. The number of hydrogen-bond acceptors (Lipinski definition) is 4. The third-order valence-electron chi connectivity index (χ3n) is 3.88. The van der Waals surface area contributed by atoms with Crippen LogP contribution in [0, 0.1) is 0 Å². The molecule has 1 N–H and O–H groups in total. The molecule has 2 aliphatic heterocycles. The molecule has 0 amide bonds. The first kappa shape index (κ1) is 14.6. The molecule has 0 radical (unpaired) electrons. The van der Waals surface area contributed by atoms with Crippen LogP contribution in [0.4, 0.5) is 0 Å². The quantitative estimate of drug-likeness (QED) is 0.722. The van der Waals surface area contributed by atoms with E-state index in [9.17, 15) is 0 Å². The first-order valence-corrected chi connectivity index (χ1v) is 8.53. The fraction of sp³-hybridized carbons (Fsp3) is 1.00. The molecule has 0 aromatic heterocycles. The summed E-state index contributed by atoms with van der Waals surface area (Å²) in [4.78, 5) is 0. The van der Waals surface area contributed by atoms with Crippen LogP contribution < -0.4 is 5.32 Å². The van der Waals surface area contributed by atoms with Crippen LogP contribution in [0.25, 0.3) is 0 Å². The van der Waals surface area contributed by atoms with Crippen molar-refractivity contribution in [3.05, 3.63) is 0 Å². The first-order valence-electron chi connectivity index (χ1n) is 7.37. The minimum Gasteiger partial charge on any atom is -0.380 e. The number of hydrogen-bond donors (Lipinski definition) is 1. The van der Waals surface area contributed by atoms with E-state index in [1.165, 1.54) is 37.2 Å². The third-order valence-corrected chi connectivity index (χ3v) is 5.10. The van der Waals surface area contributed by atoms with Crippen LogP contribution in [-0.4, -0.2) is 49.5 Å². The van der Waals surface area contributed by atoms with Crippen molar-refractivity contribution in [3.63, 3.8) is 0 Å². The van der Waals surface area contributed by atoms with Crippen LogP contribution in [-0.2, 0) is 9.47 Å². The van der Waals surface area contributed by atoms with E-state index in [0.29, 0.717) is 6.04 Å². The Morgan fingerprint density at radius 1 is 1.44 bits per heavy atom. The molecule has 0 aliphatic carbocycles. The lowest BCUT2D eigenvalue weighted by Crippen LogP contribution is -2.47. The van der Waals surface area contributed by atoms with Crippen LogP contribution in [0.3, 0.4) is 0 Å². The number of nitrogens with one attached hydrogen (secondary N) is 1. The summed E-state index contributed by atoms with van der Waals surface area (Å²) in [6, 6.07) is 0.632. The van der Waals surface area contributed by atoms with Gasteiger partial charge >= 0.3 is 0 Å². The van der Waals surface area contributed by atoms with Crippen molar-refractivity contribution in [1.82, 2.24) is 5.32 Å². The molecule has 2 aliphatic rings. The summed E-state index contributed by atoms with van der Waals surface area (Å²) in [6.45, 7) is 5.86. The molecule has 0 saturated carbocycles. The molecule has 106 valence electrons. The van der Waals surface area contributed by atoms with E-state index in [4.69, 9.17) is 9.47 Å². The van der Waals surface area contributed by atoms with Gasteiger partial charge in [-0.1, -0.05) is 13.3 Å². The summed E-state index contributed by atoms with van der Waals surface area (Å²) in [5, 5.41) is 3.64. The van der Waals surface area contributed by atoms with Gasteiger partial charge in [0.1, 0.15) is 0 Å². The Balaban J connectivity index is 1.58. The summed E-state index contributed by atoms with van der Waals surface area (Å²) < 4.78 is 11.6. The largest absolute Gasteiger partial charge is 0.380 e. The summed E-state index contributed by atoms with van der Waals surface area (Å²) in [6.07, 6.45) is 5.98. The Labute approximate surface area is 115 Å². The van der Waals surface area contributed by atoms with Crippen molar-refractivity contribution in [2.24, 2.45) is 0 Å². The number of rotatable bonds is 7. The smallest absolute Gasteiger partial charge is 0.0795 e. The van der Waals surface area contributed by atoms with Crippen molar-refractivity contribution in [3.8, 4) is 0 Å². The van der Waals surface area contributed by atoms with Gasteiger partial charge in [-0.3, -0.25) is 0 Å². The van der Waals surface area contributed by atoms with Crippen LogP contribution in [0.1, 0.15) is 39.0 Å². The second kappa shape index (κ2) is 7.73. The Bertz CT molecular complexity index is 232. The summed E-state index contributed by atoms with van der Waals surface area (Å²) >= 11 is 2.04. The highest BCUT2D eigenvalue weighted by atomic mass is 32.2. The van der Waals surface area contributed by atoms with Crippen LogP contribution >= 0.6 is 11.8 Å². The van der Waals surface area contributed by atoms with Gasteiger partial charge < -0.3 is 14.8 Å². The molecule has 18 heavy (non-hydrogen) atoms. The third kappa shape index (κ3) is 4.41. The van der Waals surface area contributed by atoms with E-state index in [2.05, 4.69) is 12.2 Å². The highest BCUT2D eigenvalue weighted by Crippen LogP contribution is 2.38. The Morgan fingerprint density at radius 3 is 3.17 bits per heavy atom. The van der Waals surface area contributed by atoms with Crippen LogP contribution in [0.2, 0.25) is 0 Å². The van der Waals surface area contributed by atoms with Gasteiger partial charge in [-0.2, -0.15) is 11.8 Å². The van der Waals surface area contributed by atoms with Gasteiger partial charge in [-0.25, -0.2) is 0 Å². The molecule has 2 fully saturated rings. The minimum absolute atomic E-state index is 0.198. The van der Waals surface area contributed by atoms with Crippen molar-refractivity contribution < 1.29 is 9.47 Å². The second-order valence-electron chi connectivity index (χ2n) is 5.44. The Morgan fingerprint density at radius 2 is 2.39 bits per heavy atom. The van der Waals surface area contributed by atoms with E-state index in [1.807, 2.05) is 11.8 Å². The van der Waals surface area contributed by atoms with Crippen molar-refractivity contribution >= 4 is 11.8 Å². The van der Waals surface area contributed by atoms with E-state index < -0.39 is 0 Å². The topological polar surface area (TPSA) is 30.5 Å². The molecule has 2 rings (SSSR count). The van der Waals surface area contributed by atoms with Crippen molar-refractivity contribution in [2.45, 2.75) is 50.7 Å². The van der Waals surface area contributed by atoms with Crippen LogP contribution in [0.5, 0.6) is 0 Å². The zero-order valence-corrected chi connectivity index (χ0v) is 12.4. The van der Waals surface area contributed by atoms with E-state index in [0.717, 1.165) is 32.8 Å². The van der Waals surface area contributed by atoms with Gasteiger partial charge in [-0.15, -0.1) is 0 Å². The molecule has 2 heterocycles. The molecule has 1 spiro atoms. The summed E-state index contributed by atoms with van der Waals surface area (Å²) in [7, 11) is 0. The van der Waals surface area contributed by atoms with E-state index in [1.54, 1.807) is 0 Å². The zero-order chi connectivity index (χ0) is 12.7. The second-order valence-corrected chi connectivity index (χ2v) is 6.55. The van der Waals surface area contributed by atoms with E-state index in [-0.39, 0.29) is 5.60 Å². The molecule has 2 atom stereocenters. The predicted octanol–water partition coefficient (Wildman–Crippen LogP) is 2.45. The van der Waals surface area contributed by atoms with Crippen LogP contribution in [0.15, 0.2) is 0 Å². The standard InChI is InChI=1S/C14H27NO2S/c1-2-3-7-16-9-6-15-13-4-8-17-14(11-13)5-10-18-12-14/h13,15H,2-12H2,1H3. The molecule has 0 aromatic rings. The molecule has 2 saturated heterocycles. The van der Waals surface area contributed by atoms with Crippen molar-refractivity contribution in [2.75, 3.05) is 37.9 Å². The normalized spacial score (nSPS) is 32.2. The monoisotopic (exact) mass is 273 g/mol. The van der Waals surface area contributed by atoms with Gasteiger partial charge in [0.05, 0.1) is 12.2 Å². The molecule has 4 heteroatoms. The van der Waals surface area contributed by atoms with Crippen molar-refractivity contribution in [1.29, 1.82) is 0 Å². The van der Waals surface area contributed by atoms with Gasteiger partial charge in [0, 0.05) is 31.6 Å². The highest BCUT2D eigenvalue weighted by molar-refractivity contribution is 7.99. The highest BCUT2D eigenvalue weighted by Gasteiger charge is 2.40. The number of thioether (sulfide) groups is 1. The minimum atomic E-state index is 0.198. The lowest BCUT2D eigenvalue weighted by Gasteiger charge is -2.38. The fourth-order valence-electron chi connectivity index (χ4n) is 2.75. The SMILES string of the molecule is CCCCOCCNC1CCOC2(CCSC2)C1. The lowest BCUT2D eigenvalue weighted by molar-refractivity contribution is -0.0706. The zero-order valence-electron chi connectivity index (χ0n) is 11.6. The molecule has 3 nitrogen and oxygen atoms in total. The molecule has 0 bridgehead atoms. The maximum atomic E-state index is 6.02. The Kier molecular flexibility index (Phi) is 6.29. The Hall–Kier alpha value is 0.230. The van der Waals surface area contributed by atoms with Gasteiger partial charge in [-0.05, 0) is 31.4 Å². The number of unbranched alkanes of at least 4 members (excludes halogenated alkanes) is 1. The van der Waals surface area contributed by atoms with Gasteiger partial charge in [0.15, 0.2) is 0 Å². The fourth-order valence-corrected chi connectivity index (χ4v) is 4.13. The van der Waals surface area contributed by atoms with Gasteiger partial charge in [0.2, 0.25) is 0 Å². The molecular formula is C14H27NO2S.